The topological polar surface area (TPSA) is 149 Å². The Labute approximate surface area is 252 Å². The minimum atomic E-state index is -4.43. The molecule has 3 aromatic rings. The van der Waals surface area contributed by atoms with Crippen LogP contribution in [0.2, 0.25) is 0 Å². The number of halogens is 4. The minimum Gasteiger partial charge on any atom is -0.494 e. The number of carbonyl (C=O) groups is 1. The van der Waals surface area contributed by atoms with Crippen LogP contribution in [0.15, 0.2) is 53.4 Å². The molecule has 2 heterocycles. The summed E-state index contributed by atoms with van der Waals surface area (Å²) in [5.41, 5.74) is 1.17. The summed E-state index contributed by atoms with van der Waals surface area (Å²) < 4.78 is 74.4. The van der Waals surface area contributed by atoms with E-state index in [2.05, 4.69) is 15.4 Å². The Morgan fingerprint density at radius 2 is 1.70 bits per heavy atom. The summed E-state index contributed by atoms with van der Waals surface area (Å²) >= 11 is 0. The van der Waals surface area contributed by atoms with E-state index in [9.17, 15) is 31.6 Å². The van der Waals surface area contributed by atoms with Gasteiger partial charge in [0, 0.05) is 38.7 Å². The van der Waals surface area contributed by atoms with Gasteiger partial charge in [-0.3, -0.25) is 10.0 Å². The lowest BCUT2D eigenvalue weighted by atomic mass is 9.95. The number of ether oxygens (including phenoxy) is 2. The SMILES string of the molecule is COCCN1CCC(C(=O)NO)(S(=O)(=O)c2ccc(OCCCn3nnc(-c4ccc(C(F)(F)F)cc4)n3)cc2)CC1.Cl. The third kappa shape index (κ3) is 7.80. The number of aryl methyl sites for hydroxylation is 1. The second kappa shape index (κ2) is 14.4. The number of aromatic nitrogens is 4. The number of benzene rings is 2. The molecule has 1 amide bonds. The number of carbonyl (C=O) groups excluding carboxylic acids is 1. The molecule has 0 aliphatic carbocycles. The van der Waals surface area contributed by atoms with E-state index < -0.39 is 32.2 Å². The van der Waals surface area contributed by atoms with Crippen molar-refractivity contribution in [3.05, 3.63) is 54.1 Å². The number of nitrogens with one attached hydrogen (secondary N) is 1. The van der Waals surface area contributed by atoms with Gasteiger partial charge >= 0.3 is 6.18 Å². The maximum atomic E-state index is 13.6. The smallest absolute Gasteiger partial charge is 0.416 e. The summed E-state index contributed by atoms with van der Waals surface area (Å²) in [6.45, 7) is 2.34. The number of hydrogen-bond donors (Lipinski definition) is 2. The predicted molar refractivity (Wildman–Crippen MR) is 149 cm³/mol. The van der Waals surface area contributed by atoms with E-state index in [-0.39, 0.29) is 42.6 Å². The highest BCUT2D eigenvalue weighted by molar-refractivity contribution is 7.93. The average Bonchev–Trinajstić information content (AvgIpc) is 3.47. The van der Waals surface area contributed by atoms with E-state index in [0.717, 1.165) is 12.1 Å². The van der Waals surface area contributed by atoms with E-state index in [0.29, 0.717) is 50.5 Å². The van der Waals surface area contributed by atoms with Gasteiger partial charge in [0.05, 0.1) is 30.2 Å². The molecule has 0 atom stereocenters. The molecule has 1 aromatic heterocycles. The maximum Gasteiger partial charge on any atom is 0.416 e. The molecule has 43 heavy (non-hydrogen) atoms. The molecule has 4 rings (SSSR count). The van der Waals surface area contributed by atoms with Gasteiger partial charge in [-0.15, -0.1) is 22.6 Å². The van der Waals surface area contributed by atoms with Crippen LogP contribution in [-0.4, -0.2) is 89.3 Å². The van der Waals surface area contributed by atoms with E-state index in [1.165, 1.54) is 41.2 Å². The third-order valence-corrected chi connectivity index (χ3v) is 9.65. The summed E-state index contributed by atoms with van der Waals surface area (Å²) in [6.07, 6.45) is -3.94. The van der Waals surface area contributed by atoms with Crippen LogP contribution in [0.25, 0.3) is 11.4 Å². The number of tetrazole rings is 1. The first kappa shape index (κ1) is 34.2. The van der Waals surface area contributed by atoms with Crippen molar-refractivity contribution in [1.29, 1.82) is 0 Å². The summed E-state index contributed by atoms with van der Waals surface area (Å²) in [5.74, 6) is -0.367. The molecule has 0 radical (unpaired) electrons. The van der Waals surface area contributed by atoms with Gasteiger partial charge in [-0.2, -0.15) is 18.0 Å². The second-order valence-electron chi connectivity index (χ2n) is 9.73. The van der Waals surface area contributed by atoms with Gasteiger partial charge in [0.2, 0.25) is 5.82 Å². The van der Waals surface area contributed by atoms with Crippen LogP contribution in [0.4, 0.5) is 13.2 Å². The Hall–Kier alpha value is -3.31. The fraction of sp³-hybridized carbons (Fsp3) is 0.462. The molecule has 236 valence electrons. The van der Waals surface area contributed by atoms with Gasteiger partial charge in [-0.05, 0) is 54.5 Å². The Balaban J connectivity index is 0.00000506. The molecule has 2 N–H and O–H groups in total. The van der Waals surface area contributed by atoms with Crippen molar-refractivity contribution in [1.82, 2.24) is 30.6 Å². The number of sulfone groups is 1. The highest BCUT2D eigenvalue weighted by Crippen LogP contribution is 2.36. The fourth-order valence-electron chi connectivity index (χ4n) is 4.68. The first-order valence-corrected chi connectivity index (χ1v) is 14.6. The summed E-state index contributed by atoms with van der Waals surface area (Å²) in [6, 6.07) is 10.2. The zero-order chi connectivity index (χ0) is 30.4. The van der Waals surface area contributed by atoms with Crippen molar-refractivity contribution in [3.8, 4) is 17.1 Å². The van der Waals surface area contributed by atoms with Crippen molar-refractivity contribution in [3.63, 3.8) is 0 Å². The van der Waals surface area contributed by atoms with Crippen LogP contribution in [0.5, 0.6) is 5.75 Å². The Bertz CT molecular complexity index is 1450. The molecule has 0 bridgehead atoms. The maximum absolute atomic E-state index is 13.6. The molecule has 0 spiro atoms. The molecular weight excluding hydrogens is 617 g/mol. The number of likely N-dealkylation sites (tertiary alicyclic amines) is 1. The van der Waals surface area contributed by atoms with Gasteiger partial charge in [-0.1, -0.05) is 12.1 Å². The molecule has 1 fully saturated rings. The van der Waals surface area contributed by atoms with Crippen LogP contribution in [0.3, 0.4) is 0 Å². The molecule has 1 saturated heterocycles. The number of hydroxylamine groups is 1. The van der Waals surface area contributed by atoms with Crippen LogP contribution >= 0.6 is 12.4 Å². The number of amides is 1. The highest BCUT2D eigenvalue weighted by Gasteiger charge is 2.52. The van der Waals surface area contributed by atoms with Gasteiger partial charge in [0.25, 0.3) is 5.91 Å². The molecule has 0 unspecified atom stereocenters. The molecule has 0 saturated carbocycles. The zero-order valence-corrected chi connectivity index (χ0v) is 24.8. The predicted octanol–water partition coefficient (Wildman–Crippen LogP) is 3.01. The largest absolute Gasteiger partial charge is 0.494 e. The van der Waals surface area contributed by atoms with E-state index in [1.807, 2.05) is 4.90 Å². The van der Waals surface area contributed by atoms with Crippen molar-refractivity contribution in [2.45, 2.75) is 41.6 Å². The summed E-state index contributed by atoms with van der Waals surface area (Å²) in [4.78, 5) is 15.9. The molecule has 2 aromatic carbocycles. The molecule has 17 heteroatoms. The van der Waals surface area contributed by atoms with Gasteiger partial charge in [0.1, 0.15) is 5.75 Å². The second-order valence-corrected chi connectivity index (χ2v) is 12.0. The lowest BCUT2D eigenvalue weighted by Gasteiger charge is -2.39. The normalized spacial score (nSPS) is 15.5. The van der Waals surface area contributed by atoms with Crippen LogP contribution in [-0.2, 0) is 32.1 Å². The average molecular weight is 649 g/mol. The first-order valence-electron chi connectivity index (χ1n) is 13.1. The van der Waals surface area contributed by atoms with Crippen LogP contribution < -0.4 is 10.2 Å². The van der Waals surface area contributed by atoms with Crippen LogP contribution in [0.1, 0.15) is 24.8 Å². The summed E-state index contributed by atoms with van der Waals surface area (Å²) in [7, 11) is -2.58. The van der Waals surface area contributed by atoms with Crippen molar-refractivity contribution < 1.29 is 41.1 Å². The summed E-state index contributed by atoms with van der Waals surface area (Å²) in [5, 5.41) is 21.3. The monoisotopic (exact) mass is 648 g/mol. The highest BCUT2D eigenvalue weighted by atomic mass is 35.5. The van der Waals surface area contributed by atoms with Crippen molar-refractivity contribution >= 4 is 28.2 Å². The standard InChI is InChI=1S/C26H31F3N6O6S.ClH/c1-40-18-16-34-14-11-25(12-15-34,24(36)32-37)42(38,39)22-9-7-21(8-10-22)41-17-2-13-35-31-23(30-33-35)19-3-5-20(6-4-19)26(27,28)29;/h3-10,37H,2,11-18H2,1H3,(H,32,36);1H. The van der Waals surface area contributed by atoms with Crippen molar-refractivity contribution in [2.24, 2.45) is 0 Å². The minimum absolute atomic E-state index is 0. The van der Waals surface area contributed by atoms with E-state index >= 15 is 0 Å². The molecule has 1 aliphatic rings. The number of methoxy groups -OCH3 is 1. The fourth-order valence-corrected chi connectivity index (χ4v) is 6.63. The third-order valence-electron chi connectivity index (χ3n) is 7.13. The van der Waals surface area contributed by atoms with Gasteiger partial charge in [-0.25, -0.2) is 13.9 Å². The lowest BCUT2D eigenvalue weighted by molar-refractivity contribution is -0.137. The van der Waals surface area contributed by atoms with Crippen LogP contribution in [0, 0.1) is 0 Å². The number of rotatable bonds is 12. The number of piperidine rings is 1. The van der Waals surface area contributed by atoms with Gasteiger partial charge < -0.3 is 14.4 Å². The van der Waals surface area contributed by atoms with Gasteiger partial charge in [0.15, 0.2) is 14.6 Å². The number of alkyl halides is 3. The number of hydrogen-bond acceptors (Lipinski definition) is 10. The number of nitrogens with zero attached hydrogens (tertiary/aromatic N) is 5. The Kier molecular flexibility index (Phi) is 11.5. The quantitative estimate of drug-likeness (QED) is 0.171. The van der Waals surface area contributed by atoms with Crippen molar-refractivity contribution in [2.75, 3.05) is 40.0 Å². The molecule has 1 aliphatic heterocycles. The molecule has 12 nitrogen and oxygen atoms in total. The Morgan fingerprint density at radius 1 is 1.05 bits per heavy atom. The van der Waals surface area contributed by atoms with E-state index in [1.54, 1.807) is 12.6 Å². The van der Waals surface area contributed by atoms with E-state index in [4.69, 9.17) is 9.47 Å². The zero-order valence-electron chi connectivity index (χ0n) is 23.2. The first-order chi connectivity index (χ1) is 20.0. The Morgan fingerprint density at radius 3 is 2.28 bits per heavy atom. The molecular formula is C26H32ClF3N6O6S. The lowest BCUT2D eigenvalue weighted by Crippen LogP contribution is -2.57.